The van der Waals surface area contributed by atoms with Gasteiger partial charge in [-0.15, -0.1) is 0 Å². The SMILES string of the molecule is CC1CC2N(C)C(=O)CC[C@]2(C)[C@@H]2CC[C@]3(C)C(=Cc4ccccc4)CC[C@H]3[C@H]12. The van der Waals surface area contributed by atoms with Crippen molar-refractivity contribution in [3.05, 3.63) is 41.5 Å². The third-order valence-electron chi connectivity index (χ3n) is 9.92. The van der Waals surface area contributed by atoms with Crippen LogP contribution < -0.4 is 0 Å². The highest BCUT2D eigenvalue weighted by molar-refractivity contribution is 5.77. The second-order valence-electron chi connectivity index (χ2n) is 11.1. The Morgan fingerprint density at radius 3 is 2.55 bits per heavy atom. The number of fused-ring (bicyclic) bond motifs is 5. The molecule has 29 heavy (non-hydrogen) atoms. The summed E-state index contributed by atoms with van der Waals surface area (Å²) in [5, 5.41) is 0. The number of benzene rings is 1. The Labute approximate surface area is 176 Å². The van der Waals surface area contributed by atoms with Gasteiger partial charge in [-0.05, 0) is 78.6 Å². The molecular formula is C27H37NO. The topological polar surface area (TPSA) is 20.3 Å². The average molecular weight is 392 g/mol. The predicted octanol–water partition coefficient (Wildman–Crippen LogP) is 6.18. The Bertz CT molecular complexity index is 828. The molecule has 7 atom stereocenters. The van der Waals surface area contributed by atoms with Gasteiger partial charge < -0.3 is 4.90 Å². The summed E-state index contributed by atoms with van der Waals surface area (Å²) in [7, 11) is 2.07. The number of carbonyl (C=O) groups excluding carboxylic acids is 1. The van der Waals surface area contributed by atoms with Crippen molar-refractivity contribution in [2.45, 2.75) is 71.8 Å². The quantitative estimate of drug-likeness (QED) is 0.560. The third kappa shape index (κ3) is 2.77. The summed E-state index contributed by atoms with van der Waals surface area (Å²) in [4.78, 5) is 14.6. The average Bonchev–Trinajstić information content (AvgIpc) is 3.04. The molecule has 5 rings (SSSR count). The monoisotopic (exact) mass is 391 g/mol. The van der Waals surface area contributed by atoms with Crippen molar-refractivity contribution in [3.8, 4) is 0 Å². The van der Waals surface area contributed by atoms with E-state index in [0.29, 0.717) is 28.7 Å². The summed E-state index contributed by atoms with van der Waals surface area (Å²) < 4.78 is 0. The Morgan fingerprint density at radius 2 is 1.79 bits per heavy atom. The highest BCUT2D eigenvalue weighted by Gasteiger charge is 2.61. The standard InChI is InChI=1S/C27H37NO/c1-18-16-23-27(3,15-13-24(29)28(23)4)22-12-14-26(2)20(10-11-21(26)25(18)22)17-19-8-6-5-7-9-19/h5-9,17-18,21-23,25H,10-16H2,1-4H3/t18?,21-,22+,23?,25-,26+,27+/m0/s1. The summed E-state index contributed by atoms with van der Waals surface area (Å²) in [5.74, 6) is 3.49. The van der Waals surface area contributed by atoms with Gasteiger partial charge in [-0.1, -0.05) is 62.8 Å². The molecule has 156 valence electrons. The zero-order valence-corrected chi connectivity index (χ0v) is 18.7. The summed E-state index contributed by atoms with van der Waals surface area (Å²) in [6, 6.07) is 11.4. The van der Waals surface area contributed by atoms with Crippen molar-refractivity contribution in [2.24, 2.45) is 34.5 Å². The number of hydrogen-bond acceptors (Lipinski definition) is 1. The molecule has 0 radical (unpaired) electrons. The molecule has 0 aromatic heterocycles. The number of carbonyl (C=O) groups is 1. The van der Waals surface area contributed by atoms with Gasteiger partial charge in [0, 0.05) is 19.5 Å². The molecule has 2 nitrogen and oxygen atoms in total. The minimum absolute atomic E-state index is 0.313. The maximum absolute atomic E-state index is 12.4. The molecule has 1 heterocycles. The largest absolute Gasteiger partial charge is 0.342 e. The zero-order chi connectivity index (χ0) is 20.4. The van der Waals surface area contributed by atoms with E-state index in [1.165, 1.54) is 37.7 Å². The third-order valence-corrected chi connectivity index (χ3v) is 9.92. The molecule has 3 aliphatic carbocycles. The van der Waals surface area contributed by atoms with Crippen molar-refractivity contribution in [1.29, 1.82) is 0 Å². The van der Waals surface area contributed by atoms with E-state index in [-0.39, 0.29) is 0 Å². The Kier molecular flexibility index (Phi) is 4.50. The number of allylic oxidation sites excluding steroid dienone is 1. The number of amides is 1. The van der Waals surface area contributed by atoms with E-state index in [1.807, 2.05) is 0 Å². The molecule has 0 spiro atoms. The minimum atomic E-state index is 0.313. The molecule has 1 aromatic rings. The van der Waals surface area contributed by atoms with Crippen LogP contribution in [0.2, 0.25) is 0 Å². The van der Waals surface area contributed by atoms with E-state index >= 15 is 0 Å². The summed E-state index contributed by atoms with van der Waals surface area (Å²) in [5.41, 5.74) is 3.74. The first kappa shape index (κ1) is 19.4. The molecule has 3 saturated carbocycles. The minimum Gasteiger partial charge on any atom is -0.342 e. The lowest BCUT2D eigenvalue weighted by molar-refractivity contribution is -0.163. The fourth-order valence-corrected chi connectivity index (χ4v) is 8.30. The Balaban J connectivity index is 1.48. The van der Waals surface area contributed by atoms with E-state index in [1.54, 1.807) is 5.57 Å². The van der Waals surface area contributed by atoms with Crippen molar-refractivity contribution < 1.29 is 4.79 Å². The number of rotatable bonds is 1. The number of hydrogen-bond donors (Lipinski definition) is 0. The summed E-state index contributed by atoms with van der Waals surface area (Å²) in [6.45, 7) is 7.60. The van der Waals surface area contributed by atoms with Crippen LogP contribution in [0.4, 0.5) is 0 Å². The van der Waals surface area contributed by atoms with Crippen LogP contribution >= 0.6 is 0 Å². The van der Waals surface area contributed by atoms with Gasteiger partial charge in [0.25, 0.3) is 0 Å². The lowest BCUT2D eigenvalue weighted by Gasteiger charge is -2.63. The highest BCUT2D eigenvalue weighted by atomic mass is 16.2. The highest BCUT2D eigenvalue weighted by Crippen LogP contribution is 2.67. The van der Waals surface area contributed by atoms with Gasteiger partial charge in [0.05, 0.1) is 0 Å². The first-order valence-corrected chi connectivity index (χ1v) is 11.9. The van der Waals surface area contributed by atoms with Gasteiger partial charge in [-0.3, -0.25) is 4.79 Å². The lowest BCUT2D eigenvalue weighted by atomic mass is 9.45. The van der Waals surface area contributed by atoms with Crippen LogP contribution in [0.3, 0.4) is 0 Å². The van der Waals surface area contributed by atoms with E-state index < -0.39 is 0 Å². The van der Waals surface area contributed by atoms with E-state index in [0.717, 1.165) is 30.6 Å². The van der Waals surface area contributed by atoms with Gasteiger partial charge in [-0.25, -0.2) is 0 Å². The first-order valence-electron chi connectivity index (χ1n) is 11.9. The van der Waals surface area contributed by atoms with E-state index in [4.69, 9.17) is 0 Å². The lowest BCUT2D eigenvalue weighted by Crippen LogP contribution is -2.63. The predicted molar refractivity (Wildman–Crippen MR) is 119 cm³/mol. The maximum Gasteiger partial charge on any atom is 0.222 e. The Hall–Kier alpha value is -1.57. The van der Waals surface area contributed by atoms with E-state index in [2.05, 4.69) is 69.1 Å². The molecule has 1 aromatic carbocycles. The van der Waals surface area contributed by atoms with Crippen molar-refractivity contribution >= 4 is 12.0 Å². The number of nitrogens with zero attached hydrogens (tertiary/aromatic N) is 1. The second-order valence-corrected chi connectivity index (χ2v) is 11.1. The molecule has 4 fully saturated rings. The molecule has 1 saturated heterocycles. The molecule has 0 N–H and O–H groups in total. The van der Waals surface area contributed by atoms with Crippen LogP contribution in [0.15, 0.2) is 35.9 Å². The van der Waals surface area contributed by atoms with Crippen LogP contribution in [-0.2, 0) is 4.79 Å². The fraction of sp³-hybridized carbons (Fsp3) is 0.667. The number of piperidine rings is 1. The van der Waals surface area contributed by atoms with Gasteiger partial charge in [0.2, 0.25) is 5.91 Å². The Morgan fingerprint density at radius 1 is 1.03 bits per heavy atom. The summed E-state index contributed by atoms with van der Waals surface area (Å²) >= 11 is 0. The van der Waals surface area contributed by atoms with Gasteiger partial charge in [0.1, 0.15) is 0 Å². The van der Waals surface area contributed by atoms with Crippen molar-refractivity contribution in [2.75, 3.05) is 7.05 Å². The fourth-order valence-electron chi connectivity index (χ4n) is 8.30. The molecule has 1 aliphatic heterocycles. The normalized spacial score (nSPS) is 45.7. The molecule has 2 unspecified atom stereocenters. The van der Waals surface area contributed by atoms with Crippen molar-refractivity contribution in [1.82, 2.24) is 4.90 Å². The molecule has 4 aliphatic rings. The van der Waals surface area contributed by atoms with E-state index in [9.17, 15) is 4.79 Å². The molecular weight excluding hydrogens is 354 g/mol. The van der Waals surface area contributed by atoms with Gasteiger partial charge in [-0.2, -0.15) is 0 Å². The zero-order valence-electron chi connectivity index (χ0n) is 18.7. The smallest absolute Gasteiger partial charge is 0.222 e. The second kappa shape index (κ2) is 6.72. The van der Waals surface area contributed by atoms with Crippen LogP contribution in [0.25, 0.3) is 6.08 Å². The van der Waals surface area contributed by atoms with Crippen LogP contribution in [0.1, 0.15) is 71.3 Å². The summed E-state index contributed by atoms with van der Waals surface area (Å²) in [6.07, 6.45) is 10.8. The molecule has 0 bridgehead atoms. The van der Waals surface area contributed by atoms with Crippen molar-refractivity contribution in [3.63, 3.8) is 0 Å². The van der Waals surface area contributed by atoms with Crippen LogP contribution in [0.5, 0.6) is 0 Å². The van der Waals surface area contributed by atoms with Gasteiger partial charge >= 0.3 is 0 Å². The maximum atomic E-state index is 12.4. The van der Waals surface area contributed by atoms with Gasteiger partial charge in [0.15, 0.2) is 0 Å². The van der Waals surface area contributed by atoms with Crippen LogP contribution in [-0.4, -0.2) is 23.9 Å². The molecule has 1 amide bonds. The molecule has 2 heteroatoms. The number of likely N-dealkylation sites (tertiary alicyclic amines) is 1. The van der Waals surface area contributed by atoms with Crippen LogP contribution in [0, 0.1) is 34.5 Å². The first-order chi connectivity index (χ1) is 13.8.